The molecule has 23 heteroatoms. The zero-order valence-corrected chi connectivity index (χ0v) is 46.0. The molecule has 0 aromatic heterocycles. The van der Waals surface area contributed by atoms with Gasteiger partial charge < -0.3 is 70.8 Å². The Hall–Kier alpha value is -6.53. The van der Waals surface area contributed by atoms with Crippen molar-refractivity contribution in [1.29, 1.82) is 0 Å². The third kappa shape index (κ3) is 13.0. The Morgan fingerprint density at radius 2 is 1.50 bits per heavy atom. The minimum atomic E-state index is -2.44. The summed E-state index contributed by atoms with van der Waals surface area (Å²) in [6, 6.07) is -0.982. The van der Waals surface area contributed by atoms with Crippen LogP contribution in [0.25, 0.3) is 0 Å². The number of ether oxygens (including phenoxy) is 3. The predicted molar refractivity (Wildman–Crippen MR) is 278 cm³/mol. The number of methoxy groups -OCH3 is 1. The number of ketones is 3. The molecule has 6 amide bonds. The van der Waals surface area contributed by atoms with Crippen LogP contribution in [0.2, 0.25) is 0 Å². The average molecular weight is 1090 g/mol. The minimum absolute atomic E-state index is 0.0195. The molecule has 9 N–H and O–H groups in total. The maximum atomic E-state index is 14.3. The van der Waals surface area contributed by atoms with Crippen molar-refractivity contribution in [1.82, 2.24) is 31.1 Å². The number of phenols is 2. The largest absolute Gasteiger partial charge is 0.507 e. The van der Waals surface area contributed by atoms with E-state index in [1.54, 1.807) is 0 Å². The average Bonchev–Trinajstić information content (AvgIpc) is 4.03. The van der Waals surface area contributed by atoms with E-state index < -0.39 is 150 Å². The van der Waals surface area contributed by atoms with Crippen LogP contribution in [0, 0.1) is 17.8 Å². The van der Waals surface area contributed by atoms with Crippen molar-refractivity contribution in [3.8, 4) is 17.2 Å². The number of benzene rings is 2. The number of nitrogens with zero attached hydrogens (tertiary/aromatic N) is 2. The number of likely N-dealkylation sites (N-methyl/N-ethyl adjacent to an activating group) is 1. The van der Waals surface area contributed by atoms with E-state index in [0.717, 1.165) is 0 Å². The van der Waals surface area contributed by atoms with E-state index in [9.17, 15) is 68.7 Å². The number of phenolic OH excluding ortho intramolecular Hbond substituents is 2. The lowest BCUT2D eigenvalue weighted by atomic mass is 9.72. The first-order chi connectivity index (χ1) is 36.6. The zero-order valence-electron chi connectivity index (χ0n) is 46.0. The number of Topliss-reactive ketones (excluding diaryl/α,β-unsaturated/α-hetero) is 1. The first-order valence-corrected chi connectivity index (χ1v) is 26.6. The summed E-state index contributed by atoms with van der Waals surface area (Å²) in [7, 11) is 2.78. The van der Waals surface area contributed by atoms with Gasteiger partial charge in [0.05, 0.1) is 48.6 Å². The van der Waals surface area contributed by atoms with E-state index in [2.05, 4.69) is 21.3 Å². The fraction of sp³-hybridized carbons (Fsp3) is 0.618. The van der Waals surface area contributed by atoms with Gasteiger partial charge in [0.2, 0.25) is 41.2 Å². The van der Waals surface area contributed by atoms with Crippen LogP contribution < -0.4 is 26.0 Å². The van der Waals surface area contributed by atoms with Gasteiger partial charge in [0, 0.05) is 56.5 Å². The third-order valence-electron chi connectivity index (χ3n) is 15.0. The molecule has 0 radical (unpaired) electrons. The predicted octanol–water partition coefficient (Wildman–Crippen LogP) is 1.22. The molecule has 6 rings (SSSR count). The Morgan fingerprint density at radius 3 is 2.10 bits per heavy atom. The number of fused-ring (bicyclic) bond motifs is 3. The van der Waals surface area contributed by atoms with Crippen molar-refractivity contribution in [2.45, 2.75) is 167 Å². The van der Waals surface area contributed by atoms with Gasteiger partial charge in [-0.05, 0) is 62.8 Å². The van der Waals surface area contributed by atoms with Crippen molar-refractivity contribution in [2.24, 2.45) is 17.8 Å². The Labute approximate surface area is 453 Å². The summed E-state index contributed by atoms with van der Waals surface area (Å²) in [5.41, 5.74) is -4.47. The van der Waals surface area contributed by atoms with Crippen LogP contribution in [0.1, 0.15) is 149 Å². The number of nitrogens with one attached hydrogen (secondary N) is 4. The van der Waals surface area contributed by atoms with Gasteiger partial charge in [-0.2, -0.15) is 0 Å². The van der Waals surface area contributed by atoms with Gasteiger partial charge in [-0.15, -0.1) is 0 Å². The monoisotopic (exact) mass is 1090 g/mol. The summed E-state index contributed by atoms with van der Waals surface area (Å²) in [5, 5.41) is 67.7. The Morgan fingerprint density at radius 1 is 0.872 bits per heavy atom. The topological polar surface area (TPSA) is 337 Å². The highest BCUT2D eigenvalue weighted by Gasteiger charge is 2.51. The molecule has 2 saturated heterocycles. The first kappa shape index (κ1) is 60.7. The second-order valence-electron chi connectivity index (χ2n) is 22.2. The molecule has 428 valence electrons. The van der Waals surface area contributed by atoms with Crippen LogP contribution in [-0.2, 0) is 49.5 Å². The number of carbonyl (C=O) groups excluding carboxylic acids is 9. The molecule has 78 heavy (non-hydrogen) atoms. The molecular formula is C55H76N6O17. The van der Waals surface area contributed by atoms with Crippen molar-refractivity contribution in [3.05, 3.63) is 51.6 Å². The van der Waals surface area contributed by atoms with Gasteiger partial charge >= 0.3 is 0 Å². The molecule has 0 spiro atoms. The Balaban J connectivity index is 1.18. The molecule has 0 unspecified atom stereocenters. The van der Waals surface area contributed by atoms with Gasteiger partial charge in [0.15, 0.2) is 17.9 Å². The van der Waals surface area contributed by atoms with Crippen LogP contribution >= 0.6 is 0 Å². The van der Waals surface area contributed by atoms with Crippen LogP contribution in [0.5, 0.6) is 17.2 Å². The Kier molecular flexibility index (Phi) is 19.5. The highest BCUT2D eigenvalue weighted by Crippen LogP contribution is 2.52. The van der Waals surface area contributed by atoms with Crippen LogP contribution in [0.4, 0.5) is 0 Å². The zero-order chi connectivity index (χ0) is 57.8. The molecule has 0 bridgehead atoms. The summed E-state index contributed by atoms with van der Waals surface area (Å²) >= 11 is 0. The molecule has 10 atom stereocenters. The molecule has 2 aliphatic heterocycles. The SMILES string of the molecule is COc1cccc2c1C(=O)c1c(O)c3c(c(O)c1C2=O)C[C@@](O)(C(=O)CO)C[C@@H]3O[C@H]1C[C@H](NC(=O)[C@H](CC(C)C)NC(=O)[C@H](CC(C)C)NC(=O)CNC(=O)[C@H](CC(C)C)N(C)C(=O)[C@@H]2CCCN2C(C)=O)[C@H](O)[C@H](C)O1. The van der Waals surface area contributed by atoms with E-state index in [4.69, 9.17) is 14.2 Å². The second-order valence-corrected chi connectivity index (χ2v) is 22.2. The molecule has 2 aliphatic carbocycles. The van der Waals surface area contributed by atoms with Crippen molar-refractivity contribution in [2.75, 3.05) is 33.9 Å². The van der Waals surface area contributed by atoms with Gasteiger partial charge in [0.25, 0.3) is 0 Å². The smallest absolute Gasteiger partial charge is 0.245 e. The van der Waals surface area contributed by atoms with Crippen LogP contribution in [0.15, 0.2) is 18.2 Å². The van der Waals surface area contributed by atoms with Crippen LogP contribution in [-0.4, -0.2) is 176 Å². The highest BCUT2D eigenvalue weighted by molar-refractivity contribution is 6.31. The number of carbonyl (C=O) groups is 9. The lowest BCUT2D eigenvalue weighted by Crippen LogP contribution is -2.60. The maximum Gasteiger partial charge on any atom is 0.245 e. The minimum Gasteiger partial charge on any atom is -0.507 e. The molecule has 0 saturated carbocycles. The van der Waals surface area contributed by atoms with E-state index in [1.807, 2.05) is 41.5 Å². The van der Waals surface area contributed by atoms with E-state index in [1.165, 1.54) is 56.0 Å². The van der Waals surface area contributed by atoms with Gasteiger partial charge in [-0.3, -0.25) is 43.2 Å². The van der Waals surface area contributed by atoms with E-state index in [0.29, 0.717) is 19.4 Å². The van der Waals surface area contributed by atoms with Gasteiger partial charge in [-0.25, -0.2) is 0 Å². The van der Waals surface area contributed by atoms with Crippen molar-refractivity contribution < 1.29 is 82.9 Å². The molecule has 2 aromatic rings. The highest BCUT2D eigenvalue weighted by atomic mass is 16.7. The normalized spacial score (nSPS) is 23.9. The number of rotatable bonds is 21. The maximum absolute atomic E-state index is 14.3. The summed E-state index contributed by atoms with van der Waals surface area (Å²) in [6.07, 6.45) is -5.50. The van der Waals surface area contributed by atoms with E-state index >= 15 is 0 Å². The number of hydrogen-bond donors (Lipinski definition) is 9. The molecule has 4 aliphatic rings. The first-order valence-electron chi connectivity index (χ1n) is 26.6. The van der Waals surface area contributed by atoms with Crippen LogP contribution in [0.3, 0.4) is 0 Å². The van der Waals surface area contributed by atoms with E-state index in [-0.39, 0.29) is 83.3 Å². The number of aliphatic hydroxyl groups is 3. The number of amides is 6. The summed E-state index contributed by atoms with van der Waals surface area (Å²) < 4.78 is 17.7. The van der Waals surface area contributed by atoms with Gasteiger partial charge in [0.1, 0.15) is 59.7 Å². The van der Waals surface area contributed by atoms with Crippen molar-refractivity contribution >= 4 is 52.8 Å². The van der Waals surface area contributed by atoms with Crippen molar-refractivity contribution in [3.63, 3.8) is 0 Å². The molecule has 2 heterocycles. The quantitative estimate of drug-likeness (QED) is 0.0677. The summed E-state index contributed by atoms with van der Waals surface area (Å²) in [6.45, 7) is 12.7. The standard InChI is InChI=1S/C55H76N6O17/c1-25(2)17-33(57-40(65)23-56-53(73)36(19-27(5)6)60(9)54(74)35-14-12-16-61(35)29(8)63)51(71)59-34(18-26(3)4)52(72)58-32-20-41(77-28(7)46(32)66)78-38-22-55(75,39(64)24-62)21-31-43(38)50(70)45-44(48(31)68)47(67)30-13-11-15-37(76-10)42(30)49(45)69/h11,13,15,25-28,32-36,38,41,46,62,66,68,70,75H,12,14,16-24H2,1-10H3,(H,56,73)(H,57,65)(H,58,72)(H,59,71)/t28-,32-,33-,34-,35-,36-,38-,41-,46+,55-/m0/s1. The molecule has 2 fully saturated rings. The third-order valence-corrected chi connectivity index (χ3v) is 15.0. The fourth-order valence-corrected chi connectivity index (χ4v) is 11.0. The molecule has 2 aromatic carbocycles. The number of aliphatic hydroxyl groups excluding tert-OH is 2. The second kappa shape index (κ2) is 25.1. The fourth-order valence-electron chi connectivity index (χ4n) is 11.0. The van der Waals surface area contributed by atoms with Gasteiger partial charge in [-0.1, -0.05) is 53.7 Å². The number of likely N-dealkylation sites (tertiary alicyclic amines) is 1. The number of aromatic hydroxyl groups is 2. The Bertz CT molecular complexity index is 2670. The summed E-state index contributed by atoms with van der Waals surface area (Å²) in [4.78, 5) is 125. The summed E-state index contributed by atoms with van der Waals surface area (Å²) in [5.74, 6) is -8.12. The molecular weight excluding hydrogens is 1020 g/mol. The lowest BCUT2D eigenvalue weighted by molar-refractivity contribution is -0.249. The lowest BCUT2D eigenvalue weighted by Gasteiger charge is -2.43. The molecule has 23 nitrogen and oxygen atoms in total. The number of hydrogen-bond acceptors (Lipinski definition) is 17.